The van der Waals surface area contributed by atoms with Gasteiger partial charge in [-0.3, -0.25) is 19.3 Å². The van der Waals surface area contributed by atoms with Crippen molar-refractivity contribution in [2.45, 2.75) is 19.8 Å². The number of para-hydroxylation sites is 1. The fourth-order valence-corrected chi connectivity index (χ4v) is 4.32. The highest BCUT2D eigenvalue weighted by atomic mass is 16.2. The third-order valence-corrected chi connectivity index (χ3v) is 5.54. The molecule has 3 aliphatic rings. The second-order valence-electron chi connectivity index (χ2n) is 6.94. The maximum Gasteiger partial charge on any atom is 0.233 e. The number of anilines is 1. The van der Waals surface area contributed by atoms with Gasteiger partial charge in [-0.05, 0) is 36.8 Å². The second-order valence-corrected chi connectivity index (χ2v) is 6.94. The van der Waals surface area contributed by atoms with Gasteiger partial charge in [0.25, 0.3) is 0 Å². The first-order valence-electron chi connectivity index (χ1n) is 8.45. The molecule has 1 aromatic rings. The van der Waals surface area contributed by atoms with Crippen molar-refractivity contribution < 1.29 is 14.4 Å². The minimum Gasteiger partial charge on any atom is -0.326 e. The smallest absolute Gasteiger partial charge is 0.233 e. The molecule has 4 atom stereocenters. The summed E-state index contributed by atoms with van der Waals surface area (Å²) in [6.45, 7) is 2.09. The molecule has 1 aromatic carbocycles. The maximum atomic E-state index is 12.6. The van der Waals surface area contributed by atoms with E-state index in [0.29, 0.717) is 0 Å². The van der Waals surface area contributed by atoms with Crippen LogP contribution in [0, 0.1) is 30.6 Å². The molecule has 2 bridgehead atoms. The zero-order valence-electron chi connectivity index (χ0n) is 13.6. The van der Waals surface area contributed by atoms with Crippen LogP contribution in [-0.4, -0.2) is 29.2 Å². The van der Waals surface area contributed by atoms with Gasteiger partial charge < -0.3 is 5.32 Å². The lowest BCUT2D eigenvalue weighted by Crippen LogP contribution is -2.35. The van der Waals surface area contributed by atoms with Crippen molar-refractivity contribution in [2.24, 2.45) is 23.7 Å². The van der Waals surface area contributed by atoms with E-state index in [4.69, 9.17) is 0 Å². The predicted molar refractivity (Wildman–Crippen MR) is 88.9 cm³/mol. The van der Waals surface area contributed by atoms with Crippen LogP contribution in [0.4, 0.5) is 5.69 Å². The number of nitrogens with one attached hydrogen (secondary N) is 1. The topological polar surface area (TPSA) is 66.5 Å². The molecule has 2 aliphatic carbocycles. The van der Waals surface area contributed by atoms with Crippen LogP contribution in [0.1, 0.15) is 18.4 Å². The van der Waals surface area contributed by atoms with Crippen LogP contribution >= 0.6 is 0 Å². The lowest BCUT2D eigenvalue weighted by molar-refractivity contribution is -0.140. The summed E-state index contributed by atoms with van der Waals surface area (Å²) >= 11 is 0. The molecule has 5 heteroatoms. The lowest BCUT2D eigenvalue weighted by atomic mass is 9.85. The summed E-state index contributed by atoms with van der Waals surface area (Å²) < 4.78 is 0. The standard InChI is InChI=1S/C19H20N2O3/c1-11-4-2-3-5-14(11)20-15(22)8-9-21-18(23)16-12-6-7-13(10-12)17(16)19(21)24/h2-7,12-13,16-17H,8-10H2,1H3,(H,20,22)/t12-,13-,16-,17-/m0/s1. The normalized spacial score (nSPS) is 30.1. The van der Waals surface area contributed by atoms with Crippen molar-refractivity contribution in [3.05, 3.63) is 42.0 Å². The maximum absolute atomic E-state index is 12.6. The van der Waals surface area contributed by atoms with Crippen LogP contribution in [0.2, 0.25) is 0 Å². The number of likely N-dealkylation sites (tertiary alicyclic amines) is 1. The Labute approximate surface area is 140 Å². The minimum atomic E-state index is -0.188. The summed E-state index contributed by atoms with van der Waals surface area (Å²) in [5.41, 5.74) is 1.75. The van der Waals surface area contributed by atoms with Gasteiger partial charge in [-0.25, -0.2) is 0 Å². The van der Waals surface area contributed by atoms with Crippen LogP contribution < -0.4 is 5.32 Å². The molecule has 0 unspecified atom stereocenters. The summed E-state index contributed by atoms with van der Waals surface area (Å²) in [6, 6.07) is 7.54. The number of carbonyl (C=O) groups excluding carboxylic acids is 3. The SMILES string of the molecule is Cc1ccccc1NC(=O)CCN1C(=O)[C@@H]2[C@@H](C1=O)[C@H]1C=C[C@H]2C1. The number of rotatable bonds is 4. The highest BCUT2D eigenvalue weighted by molar-refractivity contribution is 6.06. The third kappa shape index (κ3) is 2.27. The number of nitrogens with zero attached hydrogens (tertiary/aromatic N) is 1. The first-order valence-corrected chi connectivity index (χ1v) is 8.45. The van der Waals surface area contributed by atoms with E-state index in [2.05, 4.69) is 17.5 Å². The zero-order chi connectivity index (χ0) is 16.8. The van der Waals surface area contributed by atoms with Crippen molar-refractivity contribution in [3.8, 4) is 0 Å². The zero-order valence-corrected chi connectivity index (χ0v) is 13.6. The molecule has 1 aliphatic heterocycles. The summed E-state index contributed by atoms with van der Waals surface area (Å²) in [5.74, 6) is -0.317. The molecular formula is C19H20N2O3. The van der Waals surface area contributed by atoms with E-state index >= 15 is 0 Å². The molecule has 1 N–H and O–H groups in total. The van der Waals surface area contributed by atoms with E-state index in [-0.39, 0.29) is 54.4 Å². The number of imide groups is 1. The van der Waals surface area contributed by atoms with Crippen LogP contribution in [0.15, 0.2) is 36.4 Å². The number of hydrogen-bond donors (Lipinski definition) is 1. The van der Waals surface area contributed by atoms with Gasteiger partial charge in [-0.1, -0.05) is 30.4 Å². The van der Waals surface area contributed by atoms with Gasteiger partial charge in [0.2, 0.25) is 17.7 Å². The molecular weight excluding hydrogens is 304 g/mol. The summed E-state index contributed by atoms with van der Waals surface area (Å²) in [7, 11) is 0. The van der Waals surface area contributed by atoms with Gasteiger partial charge in [-0.15, -0.1) is 0 Å². The van der Waals surface area contributed by atoms with E-state index in [0.717, 1.165) is 17.7 Å². The Balaban J connectivity index is 1.38. The number of aryl methyl sites for hydroxylation is 1. The van der Waals surface area contributed by atoms with Gasteiger partial charge in [0, 0.05) is 18.7 Å². The monoisotopic (exact) mass is 324 g/mol. The molecule has 1 saturated heterocycles. The number of allylic oxidation sites excluding steroid dienone is 2. The van der Waals surface area contributed by atoms with Crippen molar-refractivity contribution in [3.63, 3.8) is 0 Å². The second kappa shape index (κ2) is 5.58. The molecule has 2 fully saturated rings. The third-order valence-electron chi connectivity index (χ3n) is 5.54. The Hall–Kier alpha value is -2.43. The Bertz CT molecular complexity index is 725. The van der Waals surface area contributed by atoms with Crippen molar-refractivity contribution in [2.75, 3.05) is 11.9 Å². The highest BCUT2D eigenvalue weighted by Gasteiger charge is 2.58. The number of benzene rings is 1. The molecule has 3 amide bonds. The van der Waals surface area contributed by atoms with Crippen LogP contribution in [-0.2, 0) is 14.4 Å². The Morgan fingerprint density at radius 3 is 2.38 bits per heavy atom. The first-order chi connectivity index (χ1) is 11.6. The van der Waals surface area contributed by atoms with Gasteiger partial charge in [0.15, 0.2) is 0 Å². The number of hydrogen-bond acceptors (Lipinski definition) is 3. The van der Waals surface area contributed by atoms with Gasteiger partial charge in [-0.2, -0.15) is 0 Å². The van der Waals surface area contributed by atoms with Gasteiger partial charge in [0.05, 0.1) is 11.8 Å². The molecule has 4 rings (SSSR count). The van der Waals surface area contributed by atoms with Crippen molar-refractivity contribution >= 4 is 23.4 Å². The Kier molecular flexibility index (Phi) is 3.52. The van der Waals surface area contributed by atoms with Crippen molar-refractivity contribution in [1.29, 1.82) is 0 Å². The highest BCUT2D eigenvalue weighted by Crippen LogP contribution is 2.52. The quantitative estimate of drug-likeness (QED) is 0.681. The van der Waals surface area contributed by atoms with E-state index in [1.54, 1.807) is 0 Å². The molecule has 24 heavy (non-hydrogen) atoms. The lowest BCUT2D eigenvalue weighted by Gasteiger charge is -2.17. The summed E-state index contributed by atoms with van der Waals surface area (Å²) in [5, 5.41) is 2.84. The Morgan fingerprint density at radius 1 is 1.12 bits per heavy atom. The van der Waals surface area contributed by atoms with Gasteiger partial charge in [0.1, 0.15) is 0 Å². The predicted octanol–water partition coefficient (Wildman–Crippen LogP) is 2.13. The molecule has 0 aromatic heterocycles. The number of carbonyl (C=O) groups is 3. The largest absolute Gasteiger partial charge is 0.326 e. The molecule has 0 radical (unpaired) electrons. The van der Waals surface area contributed by atoms with E-state index in [1.165, 1.54) is 4.90 Å². The first kappa shape index (κ1) is 15.1. The molecule has 1 saturated carbocycles. The van der Waals surface area contributed by atoms with E-state index < -0.39 is 0 Å². The average Bonchev–Trinajstić information content (AvgIpc) is 3.23. The van der Waals surface area contributed by atoms with Crippen LogP contribution in [0.25, 0.3) is 0 Å². The fraction of sp³-hybridized carbons (Fsp3) is 0.421. The van der Waals surface area contributed by atoms with Crippen LogP contribution in [0.5, 0.6) is 0 Å². The van der Waals surface area contributed by atoms with E-state index in [9.17, 15) is 14.4 Å². The van der Waals surface area contributed by atoms with Crippen LogP contribution in [0.3, 0.4) is 0 Å². The minimum absolute atomic E-state index is 0.0921. The number of fused-ring (bicyclic) bond motifs is 5. The average molecular weight is 324 g/mol. The molecule has 0 spiro atoms. The van der Waals surface area contributed by atoms with Gasteiger partial charge >= 0.3 is 0 Å². The number of amides is 3. The molecule has 124 valence electrons. The molecule has 5 nitrogen and oxygen atoms in total. The summed E-state index contributed by atoms with van der Waals surface area (Å²) in [4.78, 5) is 38.6. The van der Waals surface area contributed by atoms with Crippen molar-refractivity contribution in [1.82, 2.24) is 4.90 Å². The molecule has 1 heterocycles. The Morgan fingerprint density at radius 2 is 1.75 bits per heavy atom. The van der Waals surface area contributed by atoms with E-state index in [1.807, 2.05) is 31.2 Å². The fourth-order valence-electron chi connectivity index (χ4n) is 4.32. The summed E-state index contributed by atoms with van der Waals surface area (Å²) in [6.07, 6.45) is 5.21.